The molecule has 0 fully saturated rings. The van der Waals surface area contributed by atoms with Gasteiger partial charge in [-0.3, -0.25) is 14.3 Å². The Labute approximate surface area is 276 Å². The lowest BCUT2D eigenvalue weighted by Gasteiger charge is -2.20. The summed E-state index contributed by atoms with van der Waals surface area (Å²) in [6, 6.07) is 20.1. The highest BCUT2D eigenvalue weighted by Gasteiger charge is 2.27. The number of rotatable bonds is 9. The minimum absolute atomic E-state index is 0. The number of anilines is 1. The van der Waals surface area contributed by atoms with Crippen LogP contribution in [0.4, 0.5) is 5.69 Å². The average Bonchev–Trinajstić information content (AvgIpc) is 3.04. The summed E-state index contributed by atoms with van der Waals surface area (Å²) in [5.74, 6) is 0.270. The molecule has 0 spiro atoms. The van der Waals surface area contributed by atoms with Gasteiger partial charge in [-0.1, -0.05) is 17.7 Å². The molecular weight excluding hydrogens is 645 g/mol. The van der Waals surface area contributed by atoms with Crippen LogP contribution in [-0.4, -0.2) is 42.0 Å². The third-order valence-corrected chi connectivity index (χ3v) is 7.20. The molecule has 0 saturated heterocycles. The number of hydrogen-bond acceptors (Lipinski definition) is 9. The van der Waals surface area contributed by atoms with Crippen LogP contribution >= 0.6 is 36.4 Å². The van der Waals surface area contributed by atoms with Crippen molar-refractivity contribution in [2.75, 3.05) is 27.1 Å². The highest BCUT2D eigenvalue weighted by molar-refractivity contribution is 6.33. The van der Waals surface area contributed by atoms with E-state index >= 15 is 0 Å². The molecule has 0 aliphatic carbocycles. The van der Waals surface area contributed by atoms with E-state index in [1.807, 2.05) is 0 Å². The zero-order valence-corrected chi connectivity index (χ0v) is 26.8. The Morgan fingerprint density at radius 2 is 1.56 bits per heavy atom. The van der Waals surface area contributed by atoms with E-state index in [-0.39, 0.29) is 54.1 Å². The van der Waals surface area contributed by atoms with Gasteiger partial charge in [-0.2, -0.15) is 0 Å². The average molecular weight is 675 g/mol. The maximum absolute atomic E-state index is 14.2. The largest absolute Gasteiger partial charge is 0.495 e. The van der Waals surface area contributed by atoms with Crippen LogP contribution in [0, 0.1) is 0 Å². The van der Waals surface area contributed by atoms with Gasteiger partial charge in [-0.25, -0.2) is 4.79 Å². The Morgan fingerprint density at radius 1 is 0.911 bits per heavy atom. The number of hydrogen-bond donors (Lipinski definition) is 2. The molecule has 5 rings (SSSR count). The van der Waals surface area contributed by atoms with Gasteiger partial charge in [0.05, 0.1) is 44.7 Å². The number of aromatic nitrogens is 2. The van der Waals surface area contributed by atoms with Crippen LogP contribution in [0.1, 0.15) is 21.9 Å². The number of aliphatic hydroxyl groups is 1. The van der Waals surface area contributed by atoms with E-state index in [2.05, 4.69) is 4.98 Å². The smallest absolute Gasteiger partial charge is 0.355 e. The summed E-state index contributed by atoms with van der Waals surface area (Å²) in [6.07, 6.45) is 0. The van der Waals surface area contributed by atoms with Crippen molar-refractivity contribution in [3.63, 3.8) is 0 Å². The number of nitrogens with two attached hydrogens (primary N) is 1. The van der Waals surface area contributed by atoms with Crippen LogP contribution in [0.5, 0.6) is 17.2 Å². The number of carbonyl (C=O) groups is 1. The third-order valence-electron chi connectivity index (χ3n) is 6.83. The maximum Gasteiger partial charge on any atom is 0.355 e. The summed E-state index contributed by atoms with van der Waals surface area (Å²) < 4.78 is 23.5. The van der Waals surface area contributed by atoms with Crippen molar-refractivity contribution in [2.24, 2.45) is 0 Å². The Morgan fingerprint density at radius 3 is 2.16 bits per heavy atom. The molecular formula is C32H30Cl3N3O7. The molecule has 236 valence electrons. The number of carbonyl (C=O) groups excluding carboxylic acids is 1. The Balaban J connectivity index is 0.00000276. The summed E-state index contributed by atoms with van der Waals surface area (Å²) in [5, 5.41) is 10.4. The fraction of sp³-hybridized carbons (Fsp3) is 0.156. The molecule has 3 aromatic carbocycles. The predicted octanol–water partition coefficient (Wildman–Crippen LogP) is 6.01. The van der Waals surface area contributed by atoms with Crippen LogP contribution in [0.2, 0.25) is 5.02 Å². The molecule has 10 nitrogen and oxygen atoms in total. The van der Waals surface area contributed by atoms with E-state index in [1.54, 1.807) is 72.8 Å². The summed E-state index contributed by atoms with van der Waals surface area (Å²) in [5.41, 5.74) is 8.29. The van der Waals surface area contributed by atoms with Crippen LogP contribution in [0.3, 0.4) is 0 Å². The number of fused-ring (bicyclic) bond motifs is 1. The van der Waals surface area contributed by atoms with Gasteiger partial charge in [0.1, 0.15) is 34.6 Å². The second-order valence-corrected chi connectivity index (χ2v) is 9.79. The van der Waals surface area contributed by atoms with Crippen molar-refractivity contribution < 1.29 is 28.8 Å². The van der Waals surface area contributed by atoms with Crippen molar-refractivity contribution in [1.29, 1.82) is 0 Å². The van der Waals surface area contributed by atoms with E-state index < -0.39 is 11.5 Å². The lowest BCUT2D eigenvalue weighted by molar-refractivity contribution is 0.0591. The summed E-state index contributed by atoms with van der Waals surface area (Å²) in [4.78, 5) is 32.0. The molecule has 0 aliphatic heterocycles. The summed E-state index contributed by atoms with van der Waals surface area (Å²) >= 11 is 6.46. The van der Waals surface area contributed by atoms with E-state index in [9.17, 15) is 14.7 Å². The van der Waals surface area contributed by atoms with Gasteiger partial charge in [0.2, 0.25) is 0 Å². The van der Waals surface area contributed by atoms with Crippen molar-refractivity contribution in [3.8, 4) is 34.1 Å². The maximum atomic E-state index is 14.2. The lowest BCUT2D eigenvalue weighted by atomic mass is 9.95. The summed E-state index contributed by atoms with van der Waals surface area (Å²) in [7, 11) is 4.18. The number of nitrogen functional groups attached to an aromatic ring is 1. The first-order valence-electron chi connectivity index (χ1n) is 13.1. The third kappa shape index (κ3) is 6.94. The molecule has 13 heteroatoms. The van der Waals surface area contributed by atoms with Crippen LogP contribution in [0.25, 0.3) is 27.6 Å². The van der Waals surface area contributed by atoms with Crippen molar-refractivity contribution in [1.82, 2.24) is 9.55 Å². The number of halogens is 3. The Kier molecular flexibility index (Phi) is 11.7. The Hall–Kier alpha value is -4.48. The number of aliphatic hydroxyl groups excluding tert-OH is 1. The van der Waals surface area contributed by atoms with Gasteiger partial charge in [0, 0.05) is 16.9 Å². The molecule has 45 heavy (non-hydrogen) atoms. The van der Waals surface area contributed by atoms with Gasteiger partial charge < -0.3 is 29.8 Å². The molecule has 0 amide bonds. The van der Waals surface area contributed by atoms with Crippen LogP contribution in [0.15, 0.2) is 77.6 Å². The lowest BCUT2D eigenvalue weighted by Crippen LogP contribution is -2.27. The molecule has 2 aromatic heterocycles. The predicted molar refractivity (Wildman–Crippen MR) is 178 cm³/mol. The van der Waals surface area contributed by atoms with E-state index in [4.69, 9.17) is 36.3 Å². The van der Waals surface area contributed by atoms with Crippen molar-refractivity contribution in [2.45, 2.75) is 13.2 Å². The SMILES string of the molecule is COC(=O)c1c(-c2cc(OC)c(Cl)c(OC)c2)c2ccc(OCc3cccc(CO)n3)cc2c(=O)n1-c1ccc(N)cc1.Cl.Cl. The minimum Gasteiger partial charge on any atom is -0.495 e. The fourth-order valence-corrected chi connectivity index (χ4v) is 5.05. The number of nitrogens with zero attached hydrogens (tertiary/aromatic N) is 2. The monoisotopic (exact) mass is 673 g/mol. The fourth-order valence-electron chi connectivity index (χ4n) is 4.79. The molecule has 0 bridgehead atoms. The van der Waals surface area contributed by atoms with E-state index in [0.717, 1.165) is 0 Å². The number of benzene rings is 3. The normalized spacial score (nSPS) is 10.4. The highest BCUT2D eigenvalue weighted by atomic mass is 35.5. The molecule has 0 aliphatic rings. The zero-order chi connectivity index (χ0) is 30.7. The first-order chi connectivity index (χ1) is 20.8. The number of ether oxygens (including phenoxy) is 4. The van der Waals surface area contributed by atoms with Gasteiger partial charge in [0.25, 0.3) is 5.56 Å². The molecule has 5 aromatic rings. The van der Waals surface area contributed by atoms with Crippen LogP contribution in [-0.2, 0) is 18.0 Å². The Bertz CT molecular complexity index is 1870. The zero-order valence-electron chi connectivity index (χ0n) is 24.4. The highest BCUT2D eigenvalue weighted by Crippen LogP contribution is 2.42. The van der Waals surface area contributed by atoms with Crippen molar-refractivity contribution >= 4 is 58.8 Å². The van der Waals surface area contributed by atoms with Crippen molar-refractivity contribution in [3.05, 3.63) is 105 Å². The molecule has 2 heterocycles. The first-order valence-corrected chi connectivity index (χ1v) is 13.4. The number of pyridine rings is 2. The van der Waals surface area contributed by atoms with Gasteiger partial charge in [0.15, 0.2) is 0 Å². The van der Waals surface area contributed by atoms with E-state index in [1.165, 1.54) is 25.9 Å². The molecule has 0 radical (unpaired) electrons. The van der Waals surface area contributed by atoms with Crippen LogP contribution < -0.4 is 25.5 Å². The number of methoxy groups -OCH3 is 3. The van der Waals surface area contributed by atoms with Gasteiger partial charge in [-0.15, -0.1) is 24.8 Å². The molecule has 0 unspecified atom stereocenters. The molecule has 0 saturated carbocycles. The van der Waals surface area contributed by atoms with E-state index in [0.29, 0.717) is 56.5 Å². The quantitative estimate of drug-likeness (QED) is 0.142. The minimum atomic E-state index is -0.742. The first kappa shape index (κ1) is 35.0. The second-order valence-electron chi connectivity index (χ2n) is 9.42. The molecule has 0 atom stereocenters. The topological polar surface area (TPSA) is 135 Å². The van der Waals surface area contributed by atoms with Gasteiger partial charge in [-0.05, 0) is 77.7 Å². The second kappa shape index (κ2) is 15.0. The summed E-state index contributed by atoms with van der Waals surface area (Å²) in [6.45, 7) is -0.0930. The standard InChI is InChI=1S/C32H28ClN3O7.2ClH/c1-40-26-13-18(14-27(41-2)29(26)33)28-24-12-11-23(43-17-21-6-4-5-20(16-37)35-21)15-25(24)31(38)36(30(28)32(39)42-3)22-9-7-19(34)8-10-22;;/h4-15,37H,16-17,34H2,1-3H3;2*1H. The number of esters is 1. The van der Waals surface area contributed by atoms with Gasteiger partial charge >= 0.3 is 5.97 Å². The molecule has 3 N–H and O–H groups in total.